The van der Waals surface area contributed by atoms with E-state index in [-0.39, 0.29) is 39.7 Å². The van der Waals surface area contributed by atoms with Crippen LogP contribution in [-0.2, 0) is 13.0 Å². The number of rotatable bonds is 3. The Hall–Kier alpha value is -2.10. The summed E-state index contributed by atoms with van der Waals surface area (Å²) in [4.78, 5) is 30.5. The van der Waals surface area contributed by atoms with E-state index in [4.69, 9.17) is 0 Å². The maximum atomic E-state index is 14.9. The van der Waals surface area contributed by atoms with E-state index in [0.29, 0.717) is 11.7 Å². The molecule has 0 amide bonds. The molecule has 0 aromatic carbocycles. The van der Waals surface area contributed by atoms with Crippen LogP contribution in [0.4, 0.5) is 4.39 Å². The van der Waals surface area contributed by atoms with Crippen molar-refractivity contribution in [3.05, 3.63) is 50.4 Å². The number of aromatic nitrogens is 2. The van der Waals surface area contributed by atoms with Crippen molar-refractivity contribution in [2.24, 2.45) is 0 Å². The first-order chi connectivity index (χ1) is 13.4. The number of carbonyl (C=O) groups is 1. The lowest BCUT2D eigenvalue weighted by molar-refractivity contribution is 0.0695. The Kier molecular flexibility index (Phi) is 5.08. The number of fused-ring (bicyclic) bond motifs is 2. The van der Waals surface area contributed by atoms with Gasteiger partial charge in [0.2, 0.25) is 5.43 Å². The molecule has 0 spiro atoms. The van der Waals surface area contributed by atoms with Gasteiger partial charge in [0.15, 0.2) is 5.82 Å². The van der Waals surface area contributed by atoms with E-state index in [1.165, 1.54) is 22.4 Å². The van der Waals surface area contributed by atoms with Crippen molar-refractivity contribution in [1.82, 2.24) is 14.9 Å². The fourth-order valence-corrected chi connectivity index (χ4v) is 5.05. The summed E-state index contributed by atoms with van der Waals surface area (Å²) < 4.78 is 16.7. The summed E-state index contributed by atoms with van der Waals surface area (Å²) in [5.74, 6) is -1.91. The van der Waals surface area contributed by atoms with Crippen LogP contribution in [0.1, 0.15) is 46.6 Å². The van der Waals surface area contributed by atoms with Crippen molar-refractivity contribution in [2.45, 2.75) is 44.8 Å². The number of nitrogens with zero attached hydrogens (tertiary/aromatic N) is 2. The molecular weight excluding hydrogens is 461 g/mol. The van der Waals surface area contributed by atoms with E-state index >= 15 is 0 Å². The van der Waals surface area contributed by atoms with E-state index in [2.05, 4.69) is 17.2 Å². The Morgan fingerprint density at radius 2 is 2.14 bits per heavy atom. The normalized spacial score (nSPS) is 18.3. The average molecular weight is 480 g/mol. The average Bonchev–Trinajstić information content (AvgIpc) is 3.41. The number of halogens is 2. The van der Waals surface area contributed by atoms with E-state index < -0.39 is 17.2 Å². The van der Waals surface area contributed by atoms with Crippen LogP contribution in [0, 0.1) is 5.82 Å². The largest absolute Gasteiger partial charge is 0.477 e. The number of thiophene rings is 1. The monoisotopic (exact) mass is 479 g/mol. The van der Waals surface area contributed by atoms with Gasteiger partial charge in [0.1, 0.15) is 16.9 Å². The maximum absolute atomic E-state index is 14.9. The van der Waals surface area contributed by atoms with Crippen molar-refractivity contribution < 1.29 is 14.3 Å². The van der Waals surface area contributed by atoms with Crippen LogP contribution in [0.25, 0.3) is 21.6 Å². The lowest BCUT2D eigenvalue weighted by Gasteiger charge is -2.19. The number of nitrogens with one attached hydrogen (secondary N) is 1. The molecule has 3 aromatic heterocycles. The molecule has 1 fully saturated rings. The van der Waals surface area contributed by atoms with Gasteiger partial charge in [-0.1, -0.05) is 0 Å². The minimum absolute atomic E-state index is 0. The minimum atomic E-state index is -1.31. The third kappa shape index (κ3) is 3.41. The molecule has 4 heterocycles. The molecule has 152 valence electrons. The van der Waals surface area contributed by atoms with Crippen LogP contribution >= 0.6 is 28.3 Å². The molecule has 2 aliphatic rings. The van der Waals surface area contributed by atoms with Gasteiger partial charge in [-0.15, -0.1) is 28.3 Å². The van der Waals surface area contributed by atoms with Gasteiger partial charge in [0.05, 0.1) is 10.3 Å². The third-order valence-electron chi connectivity index (χ3n) is 5.39. The van der Waals surface area contributed by atoms with E-state index in [1.54, 1.807) is 4.57 Å². The van der Waals surface area contributed by atoms with Gasteiger partial charge in [-0.25, -0.2) is 14.2 Å². The maximum Gasteiger partial charge on any atom is 0.341 e. The number of hydrogen-bond donors (Lipinski definition) is 2. The summed E-state index contributed by atoms with van der Waals surface area (Å²) in [6.45, 7) is 2.86. The first kappa shape index (κ1) is 20.2. The predicted molar refractivity (Wildman–Crippen MR) is 115 cm³/mol. The number of carboxylic acids is 1. The highest BCUT2D eigenvalue weighted by Gasteiger charge is 2.29. The van der Waals surface area contributed by atoms with Crippen LogP contribution in [0.15, 0.2) is 23.1 Å². The van der Waals surface area contributed by atoms with Gasteiger partial charge < -0.3 is 15.0 Å². The SMILES string of the molecule is Br.CC1Cc2sc(-c3nc4c(cc3F)c(=O)c(C(=O)O)cn4C3CC3)cc2CN1. The molecule has 1 aliphatic carbocycles. The van der Waals surface area contributed by atoms with Crippen molar-refractivity contribution >= 4 is 45.3 Å². The highest BCUT2D eigenvalue weighted by molar-refractivity contribution is 8.93. The molecule has 0 radical (unpaired) electrons. The first-order valence-electron chi connectivity index (χ1n) is 9.26. The molecule has 3 aromatic rings. The number of carboxylic acid groups (broad SMARTS) is 1. The first-order valence-corrected chi connectivity index (χ1v) is 10.1. The zero-order chi connectivity index (χ0) is 19.6. The molecule has 9 heteroatoms. The van der Waals surface area contributed by atoms with E-state index in [1.807, 2.05) is 6.07 Å². The van der Waals surface area contributed by atoms with Crippen LogP contribution in [0.3, 0.4) is 0 Å². The van der Waals surface area contributed by atoms with Gasteiger partial charge in [0.25, 0.3) is 0 Å². The highest BCUT2D eigenvalue weighted by atomic mass is 79.9. The summed E-state index contributed by atoms with van der Waals surface area (Å²) in [7, 11) is 0. The minimum Gasteiger partial charge on any atom is -0.477 e. The quantitative estimate of drug-likeness (QED) is 0.594. The van der Waals surface area contributed by atoms with Crippen molar-refractivity contribution in [2.75, 3.05) is 0 Å². The fraction of sp³-hybridized carbons (Fsp3) is 0.350. The zero-order valence-electron chi connectivity index (χ0n) is 15.6. The van der Waals surface area contributed by atoms with Gasteiger partial charge in [-0.2, -0.15) is 0 Å². The molecular formula is C20H19BrFN3O3S. The summed E-state index contributed by atoms with van der Waals surface area (Å²) in [6.07, 6.45) is 4.03. The Morgan fingerprint density at radius 1 is 1.38 bits per heavy atom. The van der Waals surface area contributed by atoms with Gasteiger partial charge >= 0.3 is 5.97 Å². The number of hydrogen-bond acceptors (Lipinski definition) is 5. The van der Waals surface area contributed by atoms with Crippen molar-refractivity contribution in [3.63, 3.8) is 0 Å². The van der Waals surface area contributed by atoms with Crippen LogP contribution < -0.4 is 10.7 Å². The van der Waals surface area contributed by atoms with Gasteiger partial charge in [-0.3, -0.25) is 4.79 Å². The fourth-order valence-electron chi connectivity index (χ4n) is 3.74. The number of aromatic carboxylic acids is 1. The highest BCUT2D eigenvalue weighted by Crippen LogP contribution is 2.39. The Morgan fingerprint density at radius 3 is 2.83 bits per heavy atom. The predicted octanol–water partition coefficient (Wildman–Crippen LogP) is 3.91. The lowest BCUT2D eigenvalue weighted by atomic mass is 10.1. The lowest BCUT2D eigenvalue weighted by Crippen LogP contribution is -2.31. The van der Waals surface area contributed by atoms with Crippen molar-refractivity contribution in [3.8, 4) is 10.6 Å². The Balaban J connectivity index is 0.00000205. The number of pyridine rings is 2. The van der Waals surface area contributed by atoms with Gasteiger partial charge in [-0.05, 0) is 43.9 Å². The van der Waals surface area contributed by atoms with Crippen LogP contribution in [0.5, 0.6) is 0 Å². The molecule has 5 rings (SSSR count). The molecule has 1 saturated carbocycles. The van der Waals surface area contributed by atoms with E-state index in [9.17, 15) is 19.1 Å². The Bertz CT molecular complexity index is 1200. The smallest absolute Gasteiger partial charge is 0.341 e. The van der Waals surface area contributed by atoms with Crippen molar-refractivity contribution in [1.29, 1.82) is 0 Å². The second-order valence-corrected chi connectivity index (χ2v) is 8.69. The van der Waals surface area contributed by atoms with E-state index in [0.717, 1.165) is 42.3 Å². The molecule has 1 unspecified atom stereocenters. The summed E-state index contributed by atoms with van der Waals surface area (Å²) >= 11 is 1.53. The molecule has 0 saturated heterocycles. The second-order valence-electron chi connectivity index (χ2n) is 7.55. The van der Waals surface area contributed by atoms with Crippen LogP contribution in [0.2, 0.25) is 0 Å². The molecule has 6 nitrogen and oxygen atoms in total. The molecule has 29 heavy (non-hydrogen) atoms. The van der Waals surface area contributed by atoms with Gasteiger partial charge in [0, 0.05) is 29.7 Å². The topological polar surface area (TPSA) is 84.2 Å². The standard InChI is InChI=1S/C20H18FN3O3S.BrH/c1-9-4-15-10(7-22-9)5-16(28-15)17-14(21)6-12-18(25)13(20(26)27)8-24(11-2-3-11)19(12)23-17;/h5-6,8-9,11,22H,2-4,7H2,1H3,(H,26,27);1H. The Labute approximate surface area is 180 Å². The summed E-state index contributed by atoms with van der Waals surface area (Å²) in [5.41, 5.74) is 0.684. The second kappa shape index (κ2) is 7.30. The molecule has 1 atom stereocenters. The summed E-state index contributed by atoms with van der Waals surface area (Å²) in [6, 6.07) is 3.59. The van der Waals surface area contributed by atoms with Crippen LogP contribution in [-0.4, -0.2) is 26.7 Å². The molecule has 2 N–H and O–H groups in total. The molecule has 0 bridgehead atoms. The summed E-state index contributed by atoms with van der Waals surface area (Å²) in [5, 5.41) is 12.8. The zero-order valence-corrected chi connectivity index (χ0v) is 18.1. The molecule has 1 aliphatic heterocycles. The third-order valence-corrected chi connectivity index (χ3v) is 6.60.